The summed E-state index contributed by atoms with van der Waals surface area (Å²) >= 11 is 0. The average Bonchev–Trinajstić information content (AvgIpc) is 3.78. The molecule has 0 aliphatic heterocycles. The molecule has 0 fully saturated rings. The number of fused-ring (bicyclic) bond motifs is 1. The molecule has 11 aromatic rings. The van der Waals surface area contributed by atoms with Crippen molar-refractivity contribution in [2.24, 2.45) is 0 Å². The van der Waals surface area contributed by atoms with Crippen molar-refractivity contribution in [2.75, 3.05) is 9.80 Å². The van der Waals surface area contributed by atoms with Gasteiger partial charge >= 0.3 is 0 Å². The van der Waals surface area contributed by atoms with Gasteiger partial charge in [0.1, 0.15) is 0 Å². The molecule has 3 nitrogen and oxygen atoms in total. The molecule has 3 heteroatoms. The Morgan fingerprint density at radius 1 is 0.246 bits per heavy atom. The molecule has 65 heavy (non-hydrogen) atoms. The molecule has 0 N–H and O–H groups in total. The minimum absolute atomic E-state index is 1.04. The van der Waals surface area contributed by atoms with Crippen LogP contribution in [0.4, 0.5) is 34.1 Å². The van der Waals surface area contributed by atoms with Gasteiger partial charge in [0, 0.05) is 57.0 Å². The molecule has 0 atom stereocenters. The predicted molar refractivity (Wildman–Crippen MR) is 274 cm³/mol. The highest BCUT2D eigenvalue weighted by atomic mass is 15.2. The zero-order valence-electron chi connectivity index (χ0n) is 35.8. The van der Waals surface area contributed by atoms with Gasteiger partial charge in [-0.2, -0.15) is 0 Å². The summed E-state index contributed by atoms with van der Waals surface area (Å²) in [6, 6.07) is 95.8. The fourth-order valence-electron chi connectivity index (χ4n) is 9.00. The van der Waals surface area contributed by atoms with Crippen molar-refractivity contribution in [2.45, 2.75) is 0 Å². The van der Waals surface area contributed by atoms with Crippen LogP contribution >= 0.6 is 0 Å². The maximum absolute atomic E-state index is 2.38. The zero-order chi connectivity index (χ0) is 43.4. The van der Waals surface area contributed by atoms with Crippen LogP contribution in [0.3, 0.4) is 0 Å². The molecule has 0 spiro atoms. The highest BCUT2D eigenvalue weighted by molar-refractivity contribution is 6.00. The molecule has 0 aliphatic rings. The first-order valence-electron chi connectivity index (χ1n) is 22.2. The lowest BCUT2D eigenvalue weighted by atomic mass is 9.98. The number of para-hydroxylation sites is 3. The number of hydrogen-bond donors (Lipinski definition) is 0. The second-order valence-electron chi connectivity index (χ2n) is 16.3. The van der Waals surface area contributed by atoms with Gasteiger partial charge in [-0.05, 0) is 130 Å². The van der Waals surface area contributed by atoms with Gasteiger partial charge in [0.15, 0.2) is 0 Å². The van der Waals surface area contributed by atoms with Gasteiger partial charge in [0.05, 0.1) is 5.52 Å². The van der Waals surface area contributed by atoms with E-state index in [1.54, 1.807) is 0 Å². The third-order valence-corrected chi connectivity index (χ3v) is 12.2. The third kappa shape index (κ3) is 7.99. The van der Waals surface area contributed by atoms with Crippen molar-refractivity contribution in [3.63, 3.8) is 0 Å². The predicted octanol–water partition coefficient (Wildman–Crippen LogP) is 17.2. The van der Waals surface area contributed by atoms with Crippen LogP contribution in [0.15, 0.2) is 273 Å². The quantitative estimate of drug-likeness (QED) is 0.129. The van der Waals surface area contributed by atoms with Crippen molar-refractivity contribution < 1.29 is 0 Å². The van der Waals surface area contributed by atoms with Crippen LogP contribution in [0.5, 0.6) is 0 Å². The van der Waals surface area contributed by atoms with Gasteiger partial charge in [0.25, 0.3) is 0 Å². The Kier molecular flexibility index (Phi) is 10.6. The normalized spacial score (nSPS) is 11.1. The molecule has 1 aromatic heterocycles. The number of nitrogens with zero attached hydrogens (tertiary/aromatic N) is 3. The topological polar surface area (TPSA) is 11.4 Å². The van der Waals surface area contributed by atoms with Crippen LogP contribution in [0, 0.1) is 0 Å². The van der Waals surface area contributed by atoms with Crippen LogP contribution in [-0.2, 0) is 0 Å². The van der Waals surface area contributed by atoms with Crippen molar-refractivity contribution in [1.29, 1.82) is 0 Å². The number of hydrogen-bond acceptors (Lipinski definition) is 2. The van der Waals surface area contributed by atoms with E-state index in [1.807, 2.05) is 0 Å². The molecule has 0 unspecified atom stereocenters. The maximum atomic E-state index is 2.38. The van der Waals surface area contributed by atoms with Crippen LogP contribution in [0.25, 0.3) is 61.1 Å². The summed E-state index contributed by atoms with van der Waals surface area (Å²) in [4.78, 5) is 4.76. The molecule has 0 aliphatic carbocycles. The highest BCUT2D eigenvalue weighted by Gasteiger charge is 2.21. The van der Waals surface area contributed by atoms with E-state index in [0.717, 1.165) is 56.5 Å². The Morgan fingerprint density at radius 3 is 1.08 bits per heavy atom. The standard InChI is InChI=1S/C62H45N3/c1-7-19-46(20-8-1)48-31-36-56(37-32-48)64(54-27-15-5-16-28-54)58-41-52(51-35-40-62-60(43-51)61(50-23-11-3-12-24-50)45-63(62)53-25-13-4-14-26-53)42-59(44-58)65(55-29-17-6-18-30-55)57-38-33-49(34-39-57)47-21-9-2-10-22-47/h1-45H. The Bertz CT molecular complexity index is 3170. The van der Waals surface area contributed by atoms with Gasteiger partial charge < -0.3 is 14.4 Å². The summed E-state index contributed by atoms with van der Waals surface area (Å²) in [6.07, 6.45) is 2.29. The van der Waals surface area contributed by atoms with Crippen molar-refractivity contribution in [3.8, 4) is 50.2 Å². The van der Waals surface area contributed by atoms with E-state index in [1.165, 1.54) is 38.8 Å². The summed E-state index contributed by atoms with van der Waals surface area (Å²) in [7, 11) is 0. The Labute approximate surface area is 381 Å². The van der Waals surface area contributed by atoms with Gasteiger partial charge in [0.2, 0.25) is 0 Å². The fraction of sp³-hybridized carbons (Fsp3) is 0. The molecule has 10 aromatic carbocycles. The van der Waals surface area contributed by atoms with E-state index in [9.17, 15) is 0 Å². The van der Waals surface area contributed by atoms with Crippen molar-refractivity contribution in [1.82, 2.24) is 4.57 Å². The van der Waals surface area contributed by atoms with Gasteiger partial charge in [-0.25, -0.2) is 0 Å². The molecule has 0 saturated carbocycles. The van der Waals surface area contributed by atoms with E-state index in [4.69, 9.17) is 0 Å². The van der Waals surface area contributed by atoms with E-state index >= 15 is 0 Å². The highest BCUT2D eigenvalue weighted by Crippen LogP contribution is 2.45. The fourth-order valence-corrected chi connectivity index (χ4v) is 9.00. The summed E-state index contributed by atoms with van der Waals surface area (Å²) in [6.45, 7) is 0. The first-order chi connectivity index (χ1) is 32.2. The van der Waals surface area contributed by atoms with Crippen molar-refractivity contribution >= 4 is 45.0 Å². The molecule has 11 rings (SSSR count). The molecule has 0 radical (unpaired) electrons. The summed E-state index contributed by atoms with van der Waals surface area (Å²) in [5.74, 6) is 0. The molecule has 0 bridgehead atoms. The van der Waals surface area contributed by atoms with E-state index in [-0.39, 0.29) is 0 Å². The molecule has 308 valence electrons. The molecular weight excluding hydrogens is 787 g/mol. The Morgan fingerprint density at radius 2 is 0.615 bits per heavy atom. The van der Waals surface area contributed by atoms with E-state index < -0.39 is 0 Å². The third-order valence-electron chi connectivity index (χ3n) is 12.2. The van der Waals surface area contributed by atoms with Crippen LogP contribution in [-0.4, -0.2) is 4.57 Å². The minimum atomic E-state index is 1.04. The largest absolute Gasteiger partial charge is 0.316 e. The monoisotopic (exact) mass is 831 g/mol. The second kappa shape index (κ2) is 17.6. The minimum Gasteiger partial charge on any atom is -0.316 e. The summed E-state index contributed by atoms with van der Waals surface area (Å²) in [5, 5.41) is 1.19. The van der Waals surface area contributed by atoms with Crippen LogP contribution in [0.1, 0.15) is 0 Å². The summed E-state index contributed by atoms with van der Waals surface area (Å²) < 4.78 is 2.32. The SMILES string of the molecule is c1ccc(-c2ccc(N(c3ccccc3)c3cc(-c4ccc5c(c4)c(-c4ccccc4)cn5-c4ccccc4)cc(N(c4ccccc4)c4ccc(-c5ccccc5)cc4)c3)cc2)cc1. The first kappa shape index (κ1) is 39.2. The van der Waals surface area contributed by atoms with E-state index in [2.05, 4.69) is 287 Å². The Balaban J connectivity index is 1.13. The zero-order valence-corrected chi connectivity index (χ0v) is 35.8. The average molecular weight is 832 g/mol. The van der Waals surface area contributed by atoms with Gasteiger partial charge in [-0.3, -0.25) is 0 Å². The molecule has 0 amide bonds. The summed E-state index contributed by atoms with van der Waals surface area (Å²) in [5.41, 5.74) is 18.0. The first-order valence-corrected chi connectivity index (χ1v) is 22.2. The van der Waals surface area contributed by atoms with Gasteiger partial charge in [-0.15, -0.1) is 0 Å². The second-order valence-corrected chi connectivity index (χ2v) is 16.3. The van der Waals surface area contributed by atoms with Gasteiger partial charge in [-0.1, -0.05) is 176 Å². The molecule has 0 saturated heterocycles. The lowest BCUT2D eigenvalue weighted by Crippen LogP contribution is -2.13. The van der Waals surface area contributed by atoms with E-state index in [0.29, 0.717) is 0 Å². The maximum Gasteiger partial charge on any atom is 0.0535 e. The number of anilines is 6. The van der Waals surface area contributed by atoms with Crippen LogP contribution in [0.2, 0.25) is 0 Å². The number of rotatable bonds is 11. The Hall–Kier alpha value is -8.66. The lowest BCUT2D eigenvalue weighted by molar-refractivity contribution is 1.13. The van der Waals surface area contributed by atoms with Crippen LogP contribution < -0.4 is 9.80 Å². The molecular formula is C62H45N3. The number of benzene rings is 10. The lowest BCUT2D eigenvalue weighted by Gasteiger charge is -2.30. The van der Waals surface area contributed by atoms with Crippen molar-refractivity contribution in [3.05, 3.63) is 273 Å². The number of aromatic nitrogens is 1. The smallest absolute Gasteiger partial charge is 0.0535 e. The molecule has 1 heterocycles.